The highest BCUT2D eigenvalue weighted by Gasteiger charge is 2.52. The van der Waals surface area contributed by atoms with E-state index in [-0.39, 0.29) is 0 Å². The monoisotopic (exact) mass is 468 g/mol. The van der Waals surface area contributed by atoms with Crippen molar-refractivity contribution >= 4 is 18.3 Å². The van der Waals surface area contributed by atoms with Crippen molar-refractivity contribution in [3.63, 3.8) is 0 Å². The first-order valence-electron chi connectivity index (χ1n) is 11.9. The zero-order valence-corrected chi connectivity index (χ0v) is 20.6. The van der Waals surface area contributed by atoms with E-state index in [4.69, 9.17) is 30.3 Å². The Balaban J connectivity index is 1.52. The maximum atomic E-state index is 7.37. The van der Waals surface area contributed by atoms with Gasteiger partial charge in [0.05, 0.1) is 36.7 Å². The summed E-state index contributed by atoms with van der Waals surface area (Å²) in [5.41, 5.74) is 5.60. The summed E-state index contributed by atoms with van der Waals surface area (Å²) in [7, 11) is -0.476. The molecule has 0 amide bonds. The lowest BCUT2D eigenvalue weighted by Gasteiger charge is -2.32. The summed E-state index contributed by atoms with van der Waals surface area (Å²) >= 11 is 0. The average molecular weight is 468 g/mol. The minimum Gasteiger partial charge on any atom is -0.473 e. The third-order valence-electron chi connectivity index (χ3n) is 7.14. The highest BCUT2D eigenvalue weighted by molar-refractivity contribution is 6.62. The van der Waals surface area contributed by atoms with Crippen LogP contribution >= 0.6 is 0 Å². The third kappa shape index (κ3) is 4.70. The molecule has 4 bridgehead atoms. The van der Waals surface area contributed by atoms with Crippen LogP contribution in [0.3, 0.4) is 0 Å². The third-order valence-corrected chi connectivity index (χ3v) is 7.14. The van der Waals surface area contributed by atoms with Crippen molar-refractivity contribution in [3.05, 3.63) is 82.7 Å². The average Bonchev–Trinajstić information content (AvgIpc) is 3.06. The zero-order valence-electron chi connectivity index (χ0n) is 20.6. The molecule has 1 saturated heterocycles. The molecule has 35 heavy (non-hydrogen) atoms. The molecular weight excluding hydrogens is 439 g/mol. The van der Waals surface area contributed by atoms with Crippen LogP contribution in [0.4, 0.5) is 5.69 Å². The Hall–Kier alpha value is -3.18. The molecule has 5 rings (SSSR count). The lowest BCUT2D eigenvalue weighted by Crippen LogP contribution is -2.41. The van der Waals surface area contributed by atoms with Gasteiger partial charge in [-0.1, -0.05) is 36.4 Å². The number of ether oxygens (including phenoxy) is 2. The van der Waals surface area contributed by atoms with Crippen LogP contribution in [0, 0.1) is 6.57 Å². The fraction of sp³-hybridized carbons (Fsp3) is 0.357. The van der Waals surface area contributed by atoms with Crippen molar-refractivity contribution < 1.29 is 18.8 Å². The van der Waals surface area contributed by atoms with Crippen molar-refractivity contribution in [2.24, 2.45) is 0 Å². The largest absolute Gasteiger partial charge is 0.495 e. The van der Waals surface area contributed by atoms with Crippen molar-refractivity contribution in [1.82, 2.24) is 4.98 Å². The van der Waals surface area contributed by atoms with Gasteiger partial charge >= 0.3 is 7.12 Å². The van der Waals surface area contributed by atoms with Crippen molar-refractivity contribution in [1.29, 1.82) is 0 Å². The van der Waals surface area contributed by atoms with E-state index >= 15 is 0 Å². The first-order valence-corrected chi connectivity index (χ1v) is 11.9. The molecular formula is C28H29BN2O4. The Kier molecular flexibility index (Phi) is 6.14. The Labute approximate surface area is 207 Å². The van der Waals surface area contributed by atoms with Gasteiger partial charge in [-0.15, -0.1) is 0 Å². The molecule has 0 N–H and O–H groups in total. The number of hydrogen-bond acceptors (Lipinski definition) is 5. The van der Waals surface area contributed by atoms with Crippen molar-refractivity contribution in [3.8, 4) is 17.1 Å². The van der Waals surface area contributed by atoms with E-state index in [1.54, 1.807) is 0 Å². The minimum absolute atomic E-state index is 0.385. The maximum absolute atomic E-state index is 7.37. The summed E-state index contributed by atoms with van der Waals surface area (Å²) in [5.74, 6) is 0.563. The molecule has 178 valence electrons. The molecule has 6 nitrogen and oxygen atoms in total. The van der Waals surface area contributed by atoms with Crippen LogP contribution in [0.5, 0.6) is 5.88 Å². The van der Waals surface area contributed by atoms with Crippen LogP contribution in [0.1, 0.15) is 44.4 Å². The highest BCUT2D eigenvalue weighted by Crippen LogP contribution is 2.37. The van der Waals surface area contributed by atoms with Crippen LogP contribution in [0.15, 0.2) is 54.6 Å². The maximum Gasteiger partial charge on any atom is 0.495 e. The second-order valence-electron chi connectivity index (χ2n) is 10.0. The molecule has 0 aliphatic carbocycles. The summed E-state index contributed by atoms with van der Waals surface area (Å²) in [4.78, 5) is 8.32. The number of aromatic nitrogens is 1. The predicted molar refractivity (Wildman–Crippen MR) is 136 cm³/mol. The van der Waals surface area contributed by atoms with E-state index in [0.29, 0.717) is 37.8 Å². The van der Waals surface area contributed by atoms with Gasteiger partial charge in [0.1, 0.15) is 6.61 Å². The molecule has 3 aromatic rings. The standard InChI is InChI=1S/C28H29BN2O4/c1-27(2)28(3,4)35-29(34-27)24-12-10-20-15-22(24)17-32-14-13-19-16-23(30-5)11-9-21(19)18-33-26-8-6-7-25(20)31-26/h6-12,15-16H,13-14,17-18H2,1-4H3. The normalized spacial score (nSPS) is 18.7. The minimum atomic E-state index is -0.476. The van der Waals surface area contributed by atoms with E-state index in [0.717, 1.165) is 33.4 Å². The lowest BCUT2D eigenvalue weighted by atomic mass is 9.75. The van der Waals surface area contributed by atoms with E-state index in [1.807, 2.05) is 42.5 Å². The smallest absolute Gasteiger partial charge is 0.473 e. The summed E-state index contributed by atoms with van der Waals surface area (Å²) in [6, 6.07) is 17.7. The molecule has 0 atom stereocenters. The van der Waals surface area contributed by atoms with Gasteiger partial charge in [-0.3, -0.25) is 0 Å². The quantitative estimate of drug-likeness (QED) is 0.361. The van der Waals surface area contributed by atoms with Gasteiger partial charge in [0.2, 0.25) is 5.88 Å². The van der Waals surface area contributed by atoms with E-state index < -0.39 is 18.3 Å². The molecule has 0 saturated carbocycles. The second kappa shape index (κ2) is 9.12. The topological polar surface area (TPSA) is 54.2 Å². The van der Waals surface area contributed by atoms with E-state index in [2.05, 4.69) is 44.7 Å². The summed E-state index contributed by atoms with van der Waals surface area (Å²) < 4.78 is 24.9. The van der Waals surface area contributed by atoms with Gasteiger partial charge in [0.15, 0.2) is 5.69 Å². The molecule has 0 radical (unpaired) electrons. The van der Waals surface area contributed by atoms with E-state index in [9.17, 15) is 0 Å². The number of hydrogen-bond donors (Lipinski definition) is 0. The molecule has 2 aliphatic heterocycles. The molecule has 1 fully saturated rings. The molecule has 3 heterocycles. The van der Waals surface area contributed by atoms with Gasteiger partial charge in [-0.05, 0) is 68.4 Å². The Morgan fingerprint density at radius 2 is 1.69 bits per heavy atom. The lowest BCUT2D eigenvalue weighted by molar-refractivity contribution is 0.00578. The number of nitrogens with zero attached hydrogens (tertiary/aromatic N) is 2. The van der Waals surface area contributed by atoms with Crippen LogP contribution in [-0.4, -0.2) is 29.9 Å². The molecule has 2 aliphatic rings. The van der Waals surface area contributed by atoms with Crippen LogP contribution in [-0.2, 0) is 33.7 Å². The Morgan fingerprint density at radius 1 is 0.886 bits per heavy atom. The van der Waals surface area contributed by atoms with Crippen LogP contribution in [0.2, 0.25) is 0 Å². The summed E-state index contributed by atoms with van der Waals surface area (Å²) in [6.07, 6.45) is 0.682. The molecule has 7 heteroatoms. The SMILES string of the molecule is [C-]#[N+]c1ccc2c(c1)CCOCc1cc(ccc1B1OC(C)(C)C(C)(C)O1)-c1cccc(n1)OC2. The van der Waals surface area contributed by atoms with Gasteiger partial charge < -0.3 is 18.8 Å². The van der Waals surface area contributed by atoms with E-state index in [1.165, 1.54) is 0 Å². The summed E-state index contributed by atoms with van der Waals surface area (Å²) in [6.45, 7) is 16.9. The number of fused-ring (bicyclic) bond motifs is 6. The predicted octanol–water partition coefficient (Wildman–Crippen LogP) is 5.25. The molecule has 0 spiro atoms. The second-order valence-corrected chi connectivity index (χ2v) is 10.0. The molecule has 0 unspecified atom stereocenters. The van der Waals surface area contributed by atoms with Gasteiger partial charge in [0, 0.05) is 11.6 Å². The zero-order chi connectivity index (χ0) is 24.6. The van der Waals surface area contributed by atoms with Gasteiger partial charge in [-0.25, -0.2) is 9.83 Å². The van der Waals surface area contributed by atoms with Crippen LogP contribution in [0.25, 0.3) is 16.1 Å². The number of benzene rings is 2. The Morgan fingerprint density at radius 3 is 2.46 bits per heavy atom. The summed E-state index contributed by atoms with van der Waals surface area (Å²) in [5, 5.41) is 0. The fourth-order valence-electron chi connectivity index (χ4n) is 4.32. The first-order chi connectivity index (χ1) is 16.8. The molecule has 2 aromatic carbocycles. The molecule has 1 aromatic heterocycles. The number of pyridine rings is 1. The first kappa shape index (κ1) is 23.6. The number of rotatable bonds is 1. The van der Waals surface area contributed by atoms with Crippen molar-refractivity contribution in [2.75, 3.05) is 6.61 Å². The van der Waals surface area contributed by atoms with Crippen molar-refractivity contribution in [2.45, 2.75) is 58.5 Å². The highest BCUT2D eigenvalue weighted by atomic mass is 16.7. The van der Waals surface area contributed by atoms with Gasteiger partial charge in [-0.2, -0.15) is 0 Å². The van der Waals surface area contributed by atoms with Crippen LogP contribution < -0.4 is 10.2 Å². The Bertz CT molecular complexity index is 1280. The fourth-order valence-corrected chi connectivity index (χ4v) is 4.32. The van der Waals surface area contributed by atoms with Gasteiger partial charge in [0.25, 0.3) is 0 Å².